The van der Waals surface area contributed by atoms with Crippen LogP contribution in [0.5, 0.6) is 5.75 Å². The number of pyridine rings is 1. The summed E-state index contributed by atoms with van der Waals surface area (Å²) < 4.78 is 0. The summed E-state index contributed by atoms with van der Waals surface area (Å²) in [6.07, 6.45) is 3.58. The van der Waals surface area contributed by atoms with Crippen molar-refractivity contribution in [3.8, 4) is 5.75 Å². The molecule has 1 aromatic heterocycles. The van der Waals surface area contributed by atoms with E-state index in [1.807, 2.05) is 13.0 Å². The van der Waals surface area contributed by atoms with Crippen molar-refractivity contribution in [2.45, 2.75) is 13.3 Å². The number of carbonyl (C=O) groups is 1. The molecule has 0 radical (unpaired) electrons. The van der Waals surface area contributed by atoms with Crippen LogP contribution in [-0.2, 0) is 6.42 Å². The van der Waals surface area contributed by atoms with Gasteiger partial charge in [-0.15, -0.1) is 0 Å². The molecule has 0 amide bonds. The summed E-state index contributed by atoms with van der Waals surface area (Å²) in [6.45, 7) is 1.87. The van der Waals surface area contributed by atoms with E-state index in [9.17, 15) is 9.90 Å². The van der Waals surface area contributed by atoms with E-state index in [1.165, 1.54) is 0 Å². The quantitative estimate of drug-likeness (QED) is 0.820. The number of carbonyl (C=O) groups excluding carboxylic acids is 1. The van der Waals surface area contributed by atoms with Crippen molar-refractivity contribution >= 4 is 5.78 Å². The molecule has 1 N–H and O–H groups in total. The van der Waals surface area contributed by atoms with Crippen LogP contribution in [0, 0.1) is 6.92 Å². The first-order valence-electron chi connectivity index (χ1n) is 5.38. The highest BCUT2D eigenvalue weighted by Crippen LogP contribution is 2.20. The van der Waals surface area contributed by atoms with Gasteiger partial charge in [0, 0.05) is 18.8 Å². The number of phenols is 1. The highest BCUT2D eigenvalue weighted by Gasteiger charge is 2.11. The highest BCUT2D eigenvalue weighted by molar-refractivity contribution is 5.99. The number of phenolic OH excluding ortho intramolecular Hbond substituents is 1. The van der Waals surface area contributed by atoms with Gasteiger partial charge in [-0.05, 0) is 42.3 Å². The van der Waals surface area contributed by atoms with Crippen LogP contribution in [0.4, 0.5) is 0 Å². The molecule has 86 valence electrons. The number of hydrogen-bond acceptors (Lipinski definition) is 3. The summed E-state index contributed by atoms with van der Waals surface area (Å²) in [5.41, 5.74) is 2.19. The second-order valence-corrected chi connectivity index (χ2v) is 3.98. The molecule has 17 heavy (non-hydrogen) atoms. The van der Waals surface area contributed by atoms with Crippen molar-refractivity contribution in [3.05, 3.63) is 59.4 Å². The number of benzene rings is 1. The Labute approximate surface area is 99.8 Å². The van der Waals surface area contributed by atoms with Gasteiger partial charge in [-0.25, -0.2) is 0 Å². The lowest BCUT2D eigenvalue weighted by molar-refractivity contribution is 0.0990. The minimum absolute atomic E-state index is 0.0454. The van der Waals surface area contributed by atoms with Gasteiger partial charge in [-0.2, -0.15) is 0 Å². The first-order valence-corrected chi connectivity index (χ1v) is 5.38. The Morgan fingerprint density at radius 2 is 1.94 bits per heavy atom. The third-order valence-electron chi connectivity index (χ3n) is 2.57. The molecule has 2 aromatic rings. The van der Waals surface area contributed by atoms with Crippen LogP contribution < -0.4 is 0 Å². The van der Waals surface area contributed by atoms with E-state index in [1.54, 1.807) is 36.7 Å². The van der Waals surface area contributed by atoms with Gasteiger partial charge in [0.15, 0.2) is 5.78 Å². The van der Waals surface area contributed by atoms with Crippen LogP contribution in [0.3, 0.4) is 0 Å². The lowest BCUT2D eigenvalue weighted by atomic mass is 10.0. The zero-order valence-corrected chi connectivity index (χ0v) is 9.55. The van der Waals surface area contributed by atoms with Crippen LogP contribution in [0.15, 0.2) is 42.7 Å². The monoisotopic (exact) mass is 227 g/mol. The summed E-state index contributed by atoms with van der Waals surface area (Å²) in [7, 11) is 0. The fourth-order valence-electron chi connectivity index (χ4n) is 1.66. The summed E-state index contributed by atoms with van der Waals surface area (Å²) in [5, 5.41) is 9.71. The molecule has 0 fully saturated rings. The molecule has 1 aromatic carbocycles. The number of Topliss-reactive ketones (excluding diaryl/α,β-unsaturated/α-hetero) is 1. The van der Waals surface area contributed by atoms with Gasteiger partial charge in [0.05, 0.1) is 5.56 Å². The largest absolute Gasteiger partial charge is 0.507 e. The molecule has 0 bridgehead atoms. The zero-order valence-electron chi connectivity index (χ0n) is 9.55. The Morgan fingerprint density at radius 3 is 2.59 bits per heavy atom. The van der Waals surface area contributed by atoms with Crippen molar-refractivity contribution in [2.24, 2.45) is 0 Å². The Balaban J connectivity index is 2.21. The molecule has 0 unspecified atom stereocenters. The SMILES string of the molecule is Cc1ccc(C(=O)Cc2ccncc2)c(O)c1. The number of hydrogen-bond donors (Lipinski definition) is 1. The van der Waals surface area contributed by atoms with E-state index in [4.69, 9.17) is 0 Å². The molecule has 0 aliphatic rings. The number of rotatable bonds is 3. The van der Waals surface area contributed by atoms with Gasteiger partial charge in [0.25, 0.3) is 0 Å². The summed E-state index contributed by atoms with van der Waals surface area (Å²) in [6, 6.07) is 8.67. The smallest absolute Gasteiger partial charge is 0.170 e. The molecule has 3 heteroatoms. The number of aromatic hydroxyl groups is 1. The topological polar surface area (TPSA) is 50.2 Å². The van der Waals surface area contributed by atoms with Crippen LogP contribution in [0.25, 0.3) is 0 Å². The summed E-state index contributed by atoms with van der Waals surface area (Å²) in [5.74, 6) is -0.0437. The average molecular weight is 227 g/mol. The Hall–Kier alpha value is -2.16. The van der Waals surface area contributed by atoms with Gasteiger partial charge in [-0.3, -0.25) is 9.78 Å². The van der Waals surface area contributed by atoms with Gasteiger partial charge in [-0.1, -0.05) is 6.07 Å². The van der Waals surface area contributed by atoms with Crippen LogP contribution in [-0.4, -0.2) is 15.9 Å². The number of aryl methyl sites for hydroxylation is 1. The maximum absolute atomic E-state index is 12.0. The number of nitrogens with zero attached hydrogens (tertiary/aromatic N) is 1. The van der Waals surface area contributed by atoms with Gasteiger partial charge in [0.2, 0.25) is 0 Å². The maximum Gasteiger partial charge on any atom is 0.170 e. The molecule has 2 rings (SSSR count). The Bertz CT molecular complexity index is 535. The predicted octanol–water partition coefficient (Wildman–Crippen LogP) is 2.52. The van der Waals surface area contributed by atoms with Crippen molar-refractivity contribution in [1.82, 2.24) is 4.98 Å². The fourth-order valence-corrected chi connectivity index (χ4v) is 1.66. The second kappa shape index (κ2) is 4.78. The van der Waals surface area contributed by atoms with Crippen molar-refractivity contribution in [1.29, 1.82) is 0 Å². The molecule has 1 heterocycles. The first-order chi connectivity index (χ1) is 8.16. The Kier molecular flexibility index (Phi) is 3.19. The van der Waals surface area contributed by atoms with Crippen molar-refractivity contribution in [2.75, 3.05) is 0 Å². The van der Waals surface area contributed by atoms with E-state index in [-0.39, 0.29) is 18.0 Å². The normalized spacial score (nSPS) is 10.2. The van der Waals surface area contributed by atoms with Crippen LogP contribution >= 0.6 is 0 Å². The van der Waals surface area contributed by atoms with Crippen molar-refractivity contribution in [3.63, 3.8) is 0 Å². The van der Waals surface area contributed by atoms with Crippen LogP contribution in [0.2, 0.25) is 0 Å². The Morgan fingerprint density at radius 1 is 1.24 bits per heavy atom. The van der Waals surface area contributed by atoms with E-state index < -0.39 is 0 Å². The fraction of sp³-hybridized carbons (Fsp3) is 0.143. The number of aromatic nitrogens is 1. The molecule has 0 aliphatic carbocycles. The molecule has 0 spiro atoms. The predicted molar refractivity (Wildman–Crippen MR) is 65.1 cm³/mol. The molecule has 0 saturated carbocycles. The number of ketones is 1. The van der Waals surface area contributed by atoms with E-state index in [0.29, 0.717) is 5.56 Å². The molecular weight excluding hydrogens is 214 g/mol. The maximum atomic E-state index is 12.0. The molecule has 0 saturated heterocycles. The summed E-state index contributed by atoms with van der Waals surface area (Å²) >= 11 is 0. The van der Waals surface area contributed by atoms with Gasteiger partial charge >= 0.3 is 0 Å². The second-order valence-electron chi connectivity index (χ2n) is 3.98. The zero-order chi connectivity index (χ0) is 12.3. The lowest BCUT2D eigenvalue weighted by Crippen LogP contribution is -2.04. The third-order valence-corrected chi connectivity index (χ3v) is 2.57. The van der Waals surface area contributed by atoms with Gasteiger partial charge in [0.1, 0.15) is 5.75 Å². The van der Waals surface area contributed by atoms with Crippen molar-refractivity contribution < 1.29 is 9.90 Å². The van der Waals surface area contributed by atoms with Gasteiger partial charge < -0.3 is 5.11 Å². The first kappa shape index (κ1) is 11.3. The molecule has 3 nitrogen and oxygen atoms in total. The van der Waals surface area contributed by atoms with Crippen LogP contribution in [0.1, 0.15) is 21.5 Å². The highest BCUT2D eigenvalue weighted by atomic mass is 16.3. The van der Waals surface area contributed by atoms with E-state index in [2.05, 4.69) is 4.98 Å². The standard InChI is InChI=1S/C14H13NO2/c1-10-2-3-12(13(16)8-10)14(17)9-11-4-6-15-7-5-11/h2-8,16H,9H2,1H3. The minimum atomic E-state index is -0.0892. The third kappa shape index (κ3) is 2.69. The molecule has 0 atom stereocenters. The molecule has 0 aliphatic heterocycles. The lowest BCUT2D eigenvalue weighted by Gasteiger charge is -2.04. The van der Waals surface area contributed by atoms with E-state index >= 15 is 0 Å². The van der Waals surface area contributed by atoms with E-state index in [0.717, 1.165) is 11.1 Å². The minimum Gasteiger partial charge on any atom is -0.507 e. The summed E-state index contributed by atoms with van der Waals surface area (Å²) in [4.78, 5) is 15.9. The average Bonchev–Trinajstić information content (AvgIpc) is 2.30. The molecular formula is C14H13NO2.